The van der Waals surface area contributed by atoms with Crippen molar-refractivity contribution in [2.45, 2.75) is 51.9 Å². The van der Waals surface area contributed by atoms with Crippen LogP contribution in [-0.2, 0) is 14.3 Å². The average Bonchev–Trinajstić information content (AvgIpc) is 3.37. The van der Waals surface area contributed by atoms with Gasteiger partial charge in [0.25, 0.3) is 0 Å². The number of thiophene rings is 1. The molecule has 0 radical (unpaired) electrons. The highest BCUT2D eigenvalue weighted by Crippen LogP contribution is 2.45. The first-order valence-electron chi connectivity index (χ1n) is 11.9. The van der Waals surface area contributed by atoms with Gasteiger partial charge in [-0.25, -0.2) is 4.79 Å². The van der Waals surface area contributed by atoms with Gasteiger partial charge < -0.3 is 14.5 Å². The summed E-state index contributed by atoms with van der Waals surface area (Å²) < 4.78 is 11.3. The molecule has 6 nitrogen and oxygen atoms in total. The molecule has 2 atom stereocenters. The molecule has 5 rings (SSSR count). The van der Waals surface area contributed by atoms with Gasteiger partial charge in [-0.05, 0) is 50.3 Å². The fourth-order valence-corrected chi connectivity index (χ4v) is 5.91. The number of ketones is 1. The molecular weight excluding hydrogens is 462 g/mol. The zero-order chi connectivity index (χ0) is 24.7. The Labute approximate surface area is 207 Å². The van der Waals surface area contributed by atoms with Gasteiger partial charge in [-0.2, -0.15) is 0 Å². The Bertz CT molecular complexity index is 1440. The summed E-state index contributed by atoms with van der Waals surface area (Å²) >= 11 is 1.63. The molecule has 3 heterocycles. The quantitative estimate of drug-likeness (QED) is 0.478. The van der Waals surface area contributed by atoms with Crippen LogP contribution in [0.2, 0.25) is 0 Å². The Morgan fingerprint density at radius 3 is 2.77 bits per heavy atom. The lowest BCUT2D eigenvalue weighted by Gasteiger charge is -2.36. The summed E-state index contributed by atoms with van der Waals surface area (Å²) in [7, 11) is 0. The number of rotatable bonds is 5. The number of esters is 1. The molecule has 2 aliphatic rings. The van der Waals surface area contributed by atoms with Crippen LogP contribution in [0.4, 0.5) is 0 Å². The first-order valence-corrected chi connectivity index (χ1v) is 12.7. The number of carbonyl (C=O) groups is 2. The molecule has 1 aliphatic heterocycles. The molecule has 0 saturated carbocycles. The van der Waals surface area contributed by atoms with Crippen molar-refractivity contribution >= 4 is 34.1 Å². The molecule has 7 heteroatoms. The van der Waals surface area contributed by atoms with E-state index in [1.807, 2.05) is 37.4 Å². The van der Waals surface area contributed by atoms with Gasteiger partial charge in [0.05, 0.1) is 29.7 Å². The Hall–Kier alpha value is -3.45. The first kappa shape index (κ1) is 23.3. The Morgan fingerprint density at radius 1 is 1.20 bits per heavy atom. The Balaban J connectivity index is 1.68. The van der Waals surface area contributed by atoms with E-state index in [-0.39, 0.29) is 29.3 Å². The average molecular weight is 490 g/mol. The van der Waals surface area contributed by atoms with E-state index in [0.717, 1.165) is 16.1 Å². The zero-order valence-corrected chi connectivity index (χ0v) is 20.8. The van der Waals surface area contributed by atoms with Crippen molar-refractivity contribution < 1.29 is 18.7 Å². The minimum absolute atomic E-state index is 0.0615. The molecule has 0 bridgehead atoms. The van der Waals surface area contributed by atoms with Crippen LogP contribution in [-0.4, -0.2) is 18.4 Å². The number of hydrogen-bond donors (Lipinski definition) is 1. The van der Waals surface area contributed by atoms with Crippen LogP contribution in [0.1, 0.15) is 60.9 Å². The maximum Gasteiger partial charge on any atom is 0.336 e. The number of nitrogens with one attached hydrogen (secondary N) is 1. The molecule has 2 aromatic heterocycles. The summed E-state index contributed by atoms with van der Waals surface area (Å²) in [6.45, 7) is 5.88. The minimum Gasteiger partial charge on any atom is -0.464 e. The zero-order valence-electron chi connectivity index (χ0n) is 20.0. The second kappa shape index (κ2) is 9.30. The number of dihydropyridines is 1. The number of hydrogen-bond acceptors (Lipinski definition) is 7. The lowest BCUT2D eigenvalue weighted by molar-refractivity contribution is -0.139. The Morgan fingerprint density at radius 2 is 2.03 bits per heavy atom. The molecular formula is C28H27NO5S. The van der Waals surface area contributed by atoms with E-state index in [0.29, 0.717) is 47.1 Å². The molecule has 180 valence electrons. The van der Waals surface area contributed by atoms with E-state index < -0.39 is 11.9 Å². The highest BCUT2D eigenvalue weighted by Gasteiger charge is 2.43. The minimum atomic E-state index is -0.839. The SMILES string of the molecule is CCCOC(=O)C1=C(C)NC2=C(C(=O)C[C@@H](c3cccs3)C2)[C@@H]1c1coc2ccc(C)cc2c1=O. The van der Waals surface area contributed by atoms with Gasteiger partial charge in [0.15, 0.2) is 11.2 Å². The fourth-order valence-electron chi connectivity index (χ4n) is 5.08. The van der Waals surface area contributed by atoms with Crippen molar-refractivity contribution in [3.63, 3.8) is 0 Å². The third kappa shape index (κ3) is 4.14. The predicted molar refractivity (Wildman–Crippen MR) is 135 cm³/mol. The monoisotopic (exact) mass is 489 g/mol. The molecule has 0 fully saturated rings. The standard InChI is InChI=1S/C28H27NO5S/c1-4-9-33-28(32)24-16(3)29-20-12-17(23-6-5-10-35-23)13-21(30)26(20)25(24)19-14-34-22-8-7-15(2)11-18(22)27(19)31/h5-8,10-11,14,17,25,29H,4,9,12-13H2,1-3H3/t17-,25+/m0/s1. The molecule has 1 aliphatic carbocycles. The van der Waals surface area contributed by atoms with Crippen LogP contribution in [0.25, 0.3) is 11.0 Å². The van der Waals surface area contributed by atoms with E-state index in [1.165, 1.54) is 6.26 Å². The van der Waals surface area contributed by atoms with E-state index in [1.54, 1.807) is 30.4 Å². The van der Waals surface area contributed by atoms with Gasteiger partial charge in [0, 0.05) is 39.7 Å². The van der Waals surface area contributed by atoms with Crippen LogP contribution in [0.3, 0.4) is 0 Å². The van der Waals surface area contributed by atoms with Crippen LogP contribution >= 0.6 is 11.3 Å². The molecule has 35 heavy (non-hydrogen) atoms. The maximum atomic E-state index is 13.7. The third-order valence-electron chi connectivity index (χ3n) is 6.70. The third-order valence-corrected chi connectivity index (χ3v) is 7.73. The van der Waals surface area contributed by atoms with Gasteiger partial charge in [-0.3, -0.25) is 9.59 Å². The van der Waals surface area contributed by atoms with Crippen molar-refractivity contribution in [3.05, 3.63) is 90.7 Å². The summed E-state index contributed by atoms with van der Waals surface area (Å²) in [5, 5.41) is 5.77. The normalized spacial score (nSPS) is 20.1. The molecule has 0 spiro atoms. The number of fused-ring (bicyclic) bond motifs is 1. The highest BCUT2D eigenvalue weighted by atomic mass is 32.1. The number of ether oxygens (including phenoxy) is 1. The van der Waals surface area contributed by atoms with Crippen molar-refractivity contribution in [1.82, 2.24) is 5.32 Å². The van der Waals surface area contributed by atoms with Crippen molar-refractivity contribution in [3.8, 4) is 0 Å². The van der Waals surface area contributed by atoms with Gasteiger partial charge in [-0.15, -0.1) is 11.3 Å². The van der Waals surface area contributed by atoms with Crippen molar-refractivity contribution in [1.29, 1.82) is 0 Å². The van der Waals surface area contributed by atoms with E-state index in [4.69, 9.17) is 9.15 Å². The van der Waals surface area contributed by atoms with Crippen LogP contribution < -0.4 is 10.7 Å². The molecule has 0 amide bonds. The van der Waals surface area contributed by atoms with Crippen molar-refractivity contribution in [2.75, 3.05) is 6.61 Å². The largest absolute Gasteiger partial charge is 0.464 e. The van der Waals surface area contributed by atoms with Gasteiger partial charge in [-0.1, -0.05) is 24.6 Å². The second-order valence-electron chi connectivity index (χ2n) is 9.19. The summed E-state index contributed by atoms with van der Waals surface area (Å²) in [4.78, 5) is 41.7. The summed E-state index contributed by atoms with van der Waals surface area (Å²) in [5.41, 5.74) is 3.55. The van der Waals surface area contributed by atoms with E-state index in [2.05, 4.69) is 5.32 Å². The van der Waals surface area contributed by atoms with Crippen molar-refractivity contribution in [2.24, 2.45) is 0 Å². The smallest absolute Gasteiger partial charge is 0.336 e. The molecule has 1 aromatic carbocycles. The van der Waals surface area contributed by atoms with E-state index in [9.17, 15) is 14.4 Å². The summed E-state index contributed by atoms with van der Waals surface area (Å²) in [6, 6.07) is 9.45. The number of Topliss-reactive ketones (excluding diaryl/α,β-unsaturated/α-hetero) is 1. The van der Waals surface area contributed by atoms with Crippen LogP contribution in [0.5, 0.6) is 0 Å². The van der Waals surface area contributed by atoms with E-state index >= 15 is 0 Å². The number of carbonyl (C=O) groups excluding carboxylic acids is 2. The van der Waals surface area contributed by atoms with Crippen LogP contribution in [0.15, 0.2) is 73.7 Å². The highest BCUT2D eigenvalue weighted by molar-refractivity contribution is 7.10. The lowest BCUT2D eigenvalue weighted by atomic mass is 9.73. The van der Waals surface area contributed by atoms with Crippen LogP contribution in [0, 0.1) is 6.92 Å². The molecule has 1 N–H and O–H groups in total. The topological polar surface area (TPSA) is 85.6 Å². The fraction of sp³-hybridized carbons (Fsp3) is 0.321. The number of allylic oxidation sites excluding steroid dienone is 3. The lowest BCUT2D eigenvalue weighted by Crippen LogP contribution is -2.37. The molecule has 3 aromatic rings. The second-order valence-corrected chi connectivity index (χ2v) is 10.2. The first-order chi connectivity index (χ1) is 16.9. The maximum absolute atomic E-state index is 13.7. The van der Waals surface area contributed by atoms with Gasteiger partial charge >= 0.3 is 5.97 Å². The molecule has 0 saturated heterocycles. The predicted octanol–water partition coefficient (Wildman–Crippen LogP) is 5.48. The summed E-state index contributed by atoms with van der Waals surface area (Å²) in [5.74, 6) is -1.37. The number of aryl methyl sites for hydroxylation is 1. The number of benzene rings is 1. The molecule has 0 unspecified atom stereocenters. The Kier molecular flexibility index (Phi) is 6.19. The van der Waals surface area contributed by atoms with Gasteiger partial charge in [0.2, 0.25) is 0 Å². The van der Waals surface area contributed by atoms with Gasteiger partial charge in [0.1, 0.15) is 5.58 Å². The summed E-state index contributed by atoms with van der Waals surface area (Å²) in [6.07, 6.45) is 3.03.